The van der Waals surface area contributed by atoms with Crippen LogP contribution in [0.15, 0.2) is 0 Å². The molecule has 0 aromatic heterocycles. The monoisotopic (exact) mass is 278 g/mol. The highest BCUT2D eigenvalue weighted by molar-refractivity contribution is 6.31. The highest BCUT2D eigenvalue weighted by atomic mass is 35.5. The maximum atomic E-state index is 11.4. The predicted octanol–water partition coefficient (Wildman–Crippen LogP) is 2.52. The van der Waals surface area contributed by atoms with Gasteiger partial charge in [-0.1, -0.05) is 26.7 Å². The molecule has 0 saturated carbocycles. The van der Waals surface area contributed by atoms with Crippen molar-refractivity contribution in [3.8, 4) is 0 Å². The SMILES string of the molecule is CCCCOC[C@H]1OC(=O)[C@H](Cl)[C@@H]1OCCCC. The molecule has 1 aliphatic rings. The first kappa shape index (κ1) is 15.7. The minimum absolute atomic E-state index is 0.367. The Morgan fingerprint density at radius 2 is 1.89 bits per heavy atom. The fraction of sp³-hybridized carbons (Fsp3) is 0.923. The van der Waals surface area contributed by atoms with Crippen molar-refractivity contribution in [1.82, 2.24) is 0 Å². The number of halogens is 1. The number of unbranched alkanes of at least 4 members (excludes halogenated alkanes) is 2. The first-order valence-electron chi connectivity index (χ1n) is 6.74. The second kappa shape index (κ2) is 8.73. The normalized spacial score (nSPS) is 27.5. The van der Waals surface area contributed by atoms with Crippen molar-refractivity contribution in [2.75, 3.05) is 19.8 Å². The van der Waals surface area contributed by atoms with E-state index in [9.17, 15) is 4.79 Å². The van der Waals surface area contributed by atoms with Gasteiger partial charge >= 0.3 is 5.97 Å². The van der Waals surface area contributed by atoms with Crippen molar-refractivity contribution >= 4 is 17.6 Å². The van der Waals surface area contributed by atoms with Crippen LogP contribution in [0, 0.1) is 0 Å². The number of rotatable bonds is 9. The fourth-order valence-electron chi connectivity index (χ4n) is 1.73. The van der Waals surface area contributed by atoms with E-state index in [0.29, 0.717) is 19.8 Å². The van der Waals surface area contributed by atoms with Crippen LogP contribution < -0.4 is 0 Å². The van der Waals surface area contributed by atoms with Crippen LogP contribution in [0.5, 0.6) is 0 Å². The van der Waals surface area contributed by atoms with Crippen LogP contribution >= 0.6 is 11.6 Å². The van der Waals surface area contributed by atoms with Crippen molar-refractivity contribution in [2.24, 2.45) is 0 Å². The number of carbonyl (C=O) groups excluding carboxylic acids is 1. The lowest BCUT2D eigenvalue weighted by Gasteiger charge is -2.19. The number of hydrogen-bond acceptors (Lipinski definition) is 4. The standard InChI is InChI=1S/C13H23ClO4/c1-3-5-7-16-9-10-12(17-8-6-4-2)11(14)13(15)18-10/h10-12H,3-9H2,1-2H3/t10-,11-,12-/m1/s1. The minimum Gasteiger partial charge on any atom is -0.456 e. The molecule has 106 valence electrons. The van der Waals surface area contributed by atoms with E-state index >= 15 is 0 Å². The average Bonchev–Trinajstić information content (AvgIpc) is 2.63. The zero-order valence-corrected chi connectivity index (χ0v) is 11.9. The lowest BCUT2D eigenvalue weighted by molar-refractivity contribution is -0.144. The lowest BCUT2D eigenvalue weighted by Crippen LogP contribution is -2.34. The van der Waals surface area contributed by atoms with E-state index in [1.54, 1.807) is 0 Å². The lowest BCUT2D eigenvalue weighted by atomic mass is 10.2. The molecule has 0 aromatic carbocycles. The summed E-state index contributed by atoms with van der Waals surface area (Å²) in [4.78, 5) is 11.4. The molecule has 0 spiro atoms. The summed E-state index contributed by atoms with van der Waals surface area (Å²) in [6.07, 6.45) is 3.34. The topological polar surface area (TPSA) is 44.8 Å². The molecule has 5 heteroatoms. The Morgan fingerprint density at radius 1 is 1.22 bits per heavy atom. The van der Waals surface area contributed by atoms with Gasteiger partial charge in [0.15, 0.2) is 11.5 Å². The molecule has 0 N–H and O–H groups in total. The fourth-order valence-corrected chi connectivity index (χ4v) is 2.02. The van der Waals surface area contributed by atoms with Crippen molar-refractivity contribution < 1.29 is 19.0 Å². The Labute approximate surface area is 114 Å². The highest BCUT2D eigenvalue weighted by Crippen LogP contribution is 2.24. The number of cyclic esters (lactones) is 1. The maximum Gasteiger partial charge on any atom is 0.327 e. The Hall–Kier alpha value is -0.320. The Balaban J connectivity index is 2.35. The van der Waals surface area contributed by atoms with Gasteiger partial charge in [-0.25, -0.2) is 0 Å². The molecule has 3 atom stereocenters. The molecule has 1 fully saturated rings. The van der Waals surface area contributed by atoms with Gasteiger partial charge in [-0.2, -0.15) is 0 Å². The third-order valence-corrected chi connectivity index (χ3v) is 3.31. The second-order valence-corrected chi connectivity index (χ2v) is 4.96. The van der Waals surface area contributed by atoms with E-state index in [0.717, 1.165) is 25.7 Å². The number of esters is 1. The summed E-state index contributed by atoms with van der Waals surface area (Å²) in [6.45, 7) is 5.84. The van der Waals surface area contributed by atoms with Crippen LogP contribution in [0.2, 0.25) is 0 Å². The quantitative estimate of drug-likeness (QED) is 0.369. The molecule has 0 aromatic rings. The van der Waals surface area contributed by atoms with Gasteiger partial charge in [0.2, 0.25) is 0 Å². The minimum atomic E-state index is -0.707. The van der Waals surface area contributed by atoms with Crippen LogP contribution in [-0.2, 0) is 19.0 Å². The second-order valence-electron chi connectivity index (χ2n) is 4.49. The Bertz CT molecular complexity index is 247. The van der Waals surface area contributed by atoms with Gasteiger partial charge in [0.05, 0.1) is 6.61 Å². The van der Waals surface area contributed by atoms with Crippen molar-refractivity contribution in [1.29, 1.82) is 0 Å². The van der Waals surface area contributed by atoms with Crippen LogP contribution in [0.25, 0.3) is 0 Å². The summed E-state index contributed by atoms with van der Waals surface area (Å²) in [7, 11) is 0. The molecule has 1 saturated heterocycles. The van der Waals surface area contributed by atoms with E-state index in [1.807, 2.05) is 0 Å². The molecule has 0 amide bonds. The molecule has 1 rings (SSSR count). The van der Waals surface area contributed by atoms with E-state index in [-0.39, 0.29) is 12.2 Å². The predicted molar refractivity (Wildman–Crippen MR) is 69.9 cm³/mol. The third kappa shape index (κ3) is 4.75. The Morgan fingerprint density at radius 3 is 2.56 bits per heavy atom. The van der Waals surface area contributed by atoms with E-state index in [2.05, 4.69) is 13.8 Å². The van der Waals surface area contributed by atoms with Gasteiger partial charge in [-0.15, -0.1) is 11.6 Å². The zero-order valence-electron chi connectivity index (χ0n) is 11.2. The van der Waals surface area contributed by atoms with Crippen molar-refractivity contribution in [2.45, 2.75) is 57.1 Å². The summed E-state index contributed by atoms with van der Waals surface area (Å²) in [6, 6.07) is 0. The third-order valence-electron chi connectivity index (χ3n) is 2.88. The first-order chi connectivity index (χ1) is 8.70. The summed E-state index contributed by atoms with van der Waals surface area (Å²) >= 11 is 5.99. The molecule has 4 nitrogen and oxygen atoms in total. The highest BCUT2D eigenvalue weighted by Gasteiger charge is 2.44. The average molecular weight is 279 g/mol. The smallest absolute Gasteiger partial charge is 0.327 e. The maximum absolute atomic E-state index is 11.4. The van der Waals surface area contributed by atoms with Gasteiger partial charge < -0.3 is 14.2 Å². The molecule has 0 aliphatic carbocycles. The molecule has 0 bridgehead atoms. The Kier molecular flexibility index (Phi) is 7.63. The molecular weight excluding hydrogens is 256 g/mol. The van der Waals surface area contributed by atoms with Crippen molar-refractivity contribution in [3.05, 3.63) is 0 Å². The van der Waals surface area contributed by atoms with Gasteiger partial charge in [0, 0.05) is 13.2 Å². The first-order valence-corrected chi connectivity index (χ1v) is 7.18. The van der Waals surface area contributed by atoms with E-state index < -0.39 is 11.3 Å². The van der Waals surface area contributed by atoms with Crippen LogP contribution in [0.1, 0.15) is 39.5 Å². The molecule has 18 heavy (non-hydrogen) atoms. The van der Waals surface area contributed by atoms with Gasteiger partial charge in [-0.3, -0.25) is 4.79 Å². The molecule has 1 aliphatic heterocycles. The summed E-state index contributed by atoms with van der Waals surface area (Å²) in [5.41, 5.74) is 0. The summed E-state index contributed by atoms with van der Waals surface area (Å²) < 4.78 is 16.3. The van der Waals surface area contributed by atoms with Crippen LogP contribution in [0.3, 0.4) is 0 Å². The number of hydrogen-bond donors (Lipinski definition) is 0. The summed E-state index contributed by atoms with van der Waals surface area (Å²) in [5, 5.41) is -0.707. The number of carbonyl (C=O) groups is 1. The van der Waals surface area contributed by atoms with E-state index in [4.69, 9.17) is 25.8 Å². The molecule has 0 unspecified atom stereocenters. The number of alkyl halides is 1. The number of ether oxygens (including phenoxy) is 3. The van der Waals surface area contributed by atoms with E-state index in [1.165, 1.54) is 0 Å². The van der Waals surface area contributed by atoms with Crippen molar-refractivity contribution in [3.63, 3.8) is 0 Å². The largest absolute Gasteiger partial charge is 0.456 e. The van der Waals surface area contributed by atoms with Gasteiger partial charge in [0.25, 0.3) is 0 Å². The molecule has 0 radical (unpaired) electrons. The van der Waals surface area contributed by atoms with Gasteiger partial charge in [0.1, 0.15) is 6.10 Å². The van der Waals surface area contributed by atoms with Crippen LogP contribution in [-0.4, -0.2) is 43.4 Å². The zero-order chi connectivity index (χ0) is 13.4. The molecule has 1 heterocycles. The van der Waals surface area contributed by atoms with Crippen LogP contribution in [0.4, 0.5) is 0 Å². The van der Waals surface area contributed by atoms with Gasteiger partial charge in [-0.05, 0) is 12.8 Å². The molecular formula is C13H23ClO4. The summed E-state index contributed by atoms with van der Waals surface area (Å²) in [5.74, 6) is -0.401.